The van der Waals surface area contributed by atoms with Crippen molar-refractivity contribution in [1.82, 2.24) is 9.80 Å². The molecule has 1 saturated heterocycles. The fraction of sp³-hybridized carbons (Fsp3) is 0.533. The highest BCUT2D eigenvalue weighted by Crippen LogP contribution is 2.54. The van der Waals surface area contributed by atoms with Crippen molar-refractivity contribution in [2.45, 2.75) is 64.2 Å². The molecule has 35 heavy (non-hydrogen) atoms. The molecule has 1 heterocycles. The van der Waals surface area contributed by atoms with Crippen molar-refractivity contribution in [3.8, 4) is 0 Å². The normalized spacial score (nSPS) is 17.8. The first-order chi connectivity index (χ1) is 16.6. The Labute approximate surface area is 215 Å². The fourth-order valence-corrected chi connectivity index (χ4v) is 6.34. The molecule has 4 nitrogen and oxygen atoms in total. The van der Waals surface area contributed by atoms with Gasteiger partial charge in [-0.25, -0.2) is 0 Å². The Kier molecular flexibility index (Phi) is 7.61. The van der Waals surface area contributed by atoms with Crippen molar-refractivity contribution in [1.29, 1.82) is 0 Å². The van der Waals surface area contributed by atoms with Crippen LogP contribution in [0.25, 0.3) is 0 Å². The number of amides is 2. The van der Waals surface area contributed by atoms with Gasteiger partial charge in [0.2, 0.25) is 5.91 Å². The summed E-state index contributed by atoms with van der Waals surface area (Å²) < 4.78 is 0. The standard InChI is InChI=1S/C30H39ClN2O2/c1-29(2,24-11-6-5-7-12-24)28(35)33-17-15-30(16-18-33)20-23(21-30)10-8-9-22-13-14-25(26(31)19-22)27(34)32(3)4/h5-7,11-14,19,23H,8-10,15-18,20-21H2,1-4H3. The van der Waals surface area contributed by atoms with Gasteiger partial charge in [0, 0.05) is 27.2 Å². The van der Waals surface area contributed by atoms with Crippen molar-refractivity contribution in [3.63, 3.8) is 0 Å². The lowest BCUT2D eigenvalue weighted by Crippen LogP contribution is -2.52. The first-order valence-corrected chi connectivity index (χ1v) is 13.3. The monoisotopic (exact) mass is 494 g/mol. The van der Waals surface area contributed by atoms with Crippen molar-refractivity contribution >= 4 is 23.4 Å². The molecule has 0 unspecified atom stereocenters. The Morgan fingerprint density at radius 2 is 1.71 bits per heavy atom. The average Bonchev–Trinajstić information content (AvgIpc) is 2.83. The molecule has 2 amide bonds. The van der Waals surface area contributed by atoms with Gasteiger partial charge in [-0.2, -0.15) is 0 Å². The first-order valence-electron chi connectivity index (χ1n) is 13.0. The smallest absolute Gasteiger partial charge is 0.254 e. The molecule has 1 aliphatic carbocycles. The summed E-state index contributed by atoms with van der Waals surface area (Å²) in [6.07, 6.45) is 8.25. The minimum atomic E-state index is -0.477. The lowest BCUT2D eigenvalue weighted by Gasteiger charge is -2.53. The number of nitrogens with zero attached hydrogens (tertiary/aromatic N) is 2. The third-order valence-corrected chi connectivity index (χ3v) is 8.65. The summed E-state index contributed by atoms with van der Waals surface area (Å²) in [5.74, 6) is 0.993. The number of benzene rings is 2. The van der Waals surface area contributed by atoms with Crippen molar-refractivity contribution in [2.75, 3.05) is 27.2 Å². The lowest BCUT2D eigenvalue weighted by atomic mass is 9.56. The number of hydrogen-bond acceptors (Lipinski definition) is 2. The molecule has 5 heteroatoms. The van der Waals surface area contributed by atoms with E-state index >= 15 is 0 Å². The molecule has 0 radical (unpaired) electrons. The summed E-state index contributed by atoms with van der Waals surface area (Å²) in [5, 5.41) is 0.542. The molecule has 2 aliphatic rings. The van der Waals surface area contributed by atoms with E-state index in [0.29, 0.717) is 16.0 Å². The molecule has 1 saturated carbocycles. The predicted octanol–water partition coefficient (Wildman–Crippen LogP) is 6.36. The van der Waals surface area contributed by atoms with Gasteiger partial charge in [0.1, 0.15) is 0 Å². The van der Waals surface area contributed by atoms with Crippen LogP contribution in [0.15, 0.2) is 48.5 Å². The molecule has 2 aromatic carbocycles. The molecule has 188 valence electrons. The highest BCUT2D eigenvalue weighted by molar-refractivity contribution is 6.33. The van der Waals surface area contributed by atoms with Gasteiger partial charge in [-0.15, -0.1) is 0 Å². The predicted molar refractivity (Wildman–Crippen MR) is 143 cm³/mol. The molecular weight excluding hydrogens is 456 g/mol. The van der Waals surface area contributed by atoms with E-state index in [2.05, 4.69) is 30.9 Å². The zero-order chi connectivity index (χ0) is 25.2. The average molecular weight is 495 g/mol. The highest BCUT2D eigenvalue weighted by atomic mass is 35.5. The Balaban J connectivity index is 1.21. The van der Waals surface area contributed by atoms with E-state index < -0.39 is 5.41 Å². The molecule has 2 fully saturated rings. The van der Waals surface area contributed by atoms with Gasteiger partial charge in [-0.3, -0.25) is 9.59 Å². The molecular formula is C30H39ClN2O2. The second-order valence-corrected chi connectivity index (χ2v) is 11.9. The van der Waals surface area contributed by atoms with Gasteiger partial charge < -0.3 is 9.80 Å². The van der Waals surface area contributed by atoms with Crippen LogP contribution in [0, 0.1) is 11.3 Å². The summed E-state index contributed by atoms with van der Waals surface area (Å²) in [6.45, 7) is 5.88. The number of aryl methyl sites for hydroxylation is 1. The number of carbonyl (C=O) groups excluding carboxylic acids is 2. The van der Waals surface area contributed by atoms with E-state index in [9.17, 15) is 9.59 Å². The zero-order valence-corrected chi connectivity index (χ0v) is 22.4. The summed E-state index contributed by atoms with van der Waals surface area (Å²) in [5.41, 5.74) is 2.84. The second kappa shape index (κ2) is 10.3. The summed E-state index contributed by atoms with van der Waals surface area (Å²) >= 11 is 6.37. The van der Waals surface area contributed by atoms with E-state index in [1.165, 1.54) is 24.8 Å². The van der Waals surface area contributed by atoms with Gasteiger partial charge in [0.25, 0.3) is 5.91 Å². The van der Waals surface area contributed by atoms with Crippen molar-refractivity contribution in [2.24, 2.45) is 11.3 Å². The number of likely N-dealkylation sites (tertiary alicyclic amines) is 1. The van der Waals surface area contributed by atoms with Crippen molar-refractivity contribution < 1.29 is 9.59 Å². The van der Waals surface area contributed by atoms with Crippen molar-refractivity contribution in [3.05, 3.63) is 70.2 Å². The van der Waals surface area contributed by atoms with Crippen LogP contribution >= 0.6 is 11.6 Å². The first kappa shape index (κ1) is 25.8. The zero-order valence-electron chi connectivity index (χ0n) is 21.6. The third kappa shape index (κ3) is 5.58. The van der Waals surface area contributed by atoms with Gasteiger partial charge >= 0.3 is 0 Å². The van der Waals surface area contributed by atoms with Crippen LogP contribution in [0.4, 0.5) is 0 Å². The molecule has 2 aromatic rings. The summed E-state index contributed by atoms with van der Waals surface area (Å²) in [4.78, 5) is 29.1. The molecule has 4 rings (SSSR count). The Bertz CT molecular complexity index is 1050. The van der Waals surface area contributed by atoms with E-state index in [1.807, 2.05) is 36.4 Å². The minimum absolute atomic E-state index is 0.0577. The van der Waals surface area contributed by atoms with Crippen LogP contribution < -0.4 is 0 Å². The molecule has 0 aromatic heterocycles. The number of halogens is 1. The van der Waals surface area contributed by atoms with Crippen LogP contribution in [0.5, 0.6) is 0 Å². The number of carbonyl (C=O) groups is 2. The van der Waals surface area contributed by atoms with Crippen LogP contribution in [0.2, 0.25) is 5.02 Å². The van der Waals surface area contributed by atoms with Crippen LogP contribution in [0.3, 0.4) is 0 Å². The van der Waals surface area contributed by atoms with Gasteiger partial charge in [-0.1, -0.05) is 54.4 Å². The van der Waals surface area contributed by atoms with Crippen LogP contribution in [-0.2, 0) is 16.6 Å². The van der Waals surface area contributed by atoms with Gasteiger partial charge in [0.05, 0.1) is 16.0 Å². The van der Waals surface area contributed by atoms with Crippen LogP contribution in [0.1, 0.15) is 73.9 Å². The molecule has 0 N–H and O–H groups in total. The topological polar surface area (TPSA) is 40.6 Å². The Hall–Kier alpha value is -2.33. The van der Waals surface area contributed by atoms with Gasteiger partial charge in [-0.05, 0) is 87.0 Å². The van der Waals surface area contributed by atoms with Gasteiger partial charge in [0.15, 0.2) is 0 Å². The largest absolute Gasteiger partial charge is 0.345 e. The molecule has 0 bridgehead atoms. The fourth-order valence-electron chi connectivity index (χ4n) is 6.06. The van der Waals surface area contributed by atoms with E-state index in [0.717, 1.165) is 50.3 Å². The Morgan fingerprint density at radius 1 is 1.06 bits per heavy atom. The van der Waals surface area contributed by atoms with Crippen LogP contribution in [-0.4, -0.2) is 48.8 Å². The SMILES string of the molecule is CN(C)C(=O)c1ccc(CCCC2CC3(CCN(C(=O)C(C)(C)c4ccccc4)CC3)C2)cc1Cl. The summed E-state index contributed by atoms with van der Waals surface area (Å²) in [7, 11) is 3.48. The van der Waals surface area contributed by atoms with E-state index in [-0.39, 0.29) is 11.8 Å². The highest BCUT2D eigenvalue weighted by Gasteiger charge is 2.47. The quantitative estimate of drug-likeness (QED) is 0.449. The number of hydrogen-bond donors (Lipinski definition) is 0. The van der Waals surface area contributed by atoms with E-state index in [1.54, 1.807) is 19.0 Å². The molecule has 0 atom stereocenters. The molecule has 1 spiro atoms. The summed E-state index contributed by atoms with van der Waals surface area (Å²) in [6, 6.07) is 16.0. The maximum absolute atomic E-state index is 13.3. The molecule has 1 aliphatic heterocycles. The third-order valence-electron chi connectivity index (χ3n) is 8.33. The maximum Gasteiger partial charge on any atom is 0.254 e. The Morgan fingerprint density at radius 3 is 2.31 bits per heavy atom. The van der Waals surface area contributed by atoms with E-state index in [4.69, 9.17) is 11.6 Å². The lowest BCUT2D eigenvalue weighted by molar-refractivity contribution is -0.140. The number of piperidine rings is 1. The number of rotatable bonds is 7. The minimum Gasteiger partial charge on any atom is -0.345 e. The second-order valence-electron chi connectivity index (χ2n) is 11.5. The maximum atomic E-state index is 13.3.